The Morgan fingerprint density at radius 2 is 2.11 bits per heavy atom. The predicted octanol–water partition coefficient (Wildman–Crippen LogP) is 2.42. The Labute approximate surface area is 155 Å². The van der Waals surface area contributed by atoms with Gasteiger partial charge >= 0.3 is 0 Å². The van der Waals surface area contributed by atoms with Crippen molar-refractivity contribution in [1.29, 1.82) is 0 Å². The van der Waals surface area contributed by atoms with Gasteiger partial charge in [-0.2, -0.15) is 0 Å². The van der Waals surface area contributed by atoms with Crippen molar-refractivity contribution in [2.75, 3.05) is 14.1 Å². The minimum atomic E-state index is -0.423. The average Bonchev–Trinajstić information content (AvgIpc) is 3.38. The highest BCUT2D eigenvalue weighted by molar-refractivity contribution is 5.96. The first-order valence-corrected chi connectivity index (χ1v) is 8.42. The smallest absolute Gasteiger partial charge is 0.260 e. The van der Waals surface area contributed by atoms with Gasteiger partial charge in [-0.3, -0.25) is 9.59 Å². The maximum atomic E-state index is 13.1. The molecule has 27 heavy (non-hydrogen) atoms. The predicted molar refractivity (Wildman–Crippen MR) is 93.9 cm³/mol. The summed E-state index contributed by atoms with van der Waals surface area (Å²) in [5, 5.41) is 3.79. The van der Waals surface area contributed by atoms with E-state index in [9.17, 15) is 9.59 Å². The monoisotopic (exact) mass is 366 g/mol. The number of nitrogens with zero attached hydrogens (tertiary/aromatic N) is 4. The Morgan fingerprint density at radius 3 is 2.74 bits per heavy atom. The topological polar surface area (TPSA) is 92.7 Å². The quantitative estimate of drug-likeness (QED) is 0.707. The van der Waals surface area contributed by atoms with Crippen LogP contribution in [0.2, 0.25) is 0 Å². The lowest BCUT2D eigenvalue weighted by molar-refractivity contribution is 0.0702. The van der Waals surface area contributed by atoms with Gasteiger partial charge in [0.05, 0.1) is 11.9 Å². The molecule has 8 heteroatoms. The SMILES string of the molecule is Cc1nocc1C(=O)N1Cc2cc(C(=O)N(C)C)ccc2C1c1cnco1. The number of amides is 2. The van der Waals surface area contributed by atoms with E-state index < -0.39 is 6.04 Å². The van der Waals surface area contributed by atoms with E-state index in [0.717, 1.165) is 11.1 Å². The molecule has 1 aromatic carbocycles. The number of benzene rings is 1. The van der Waals surface area contributed by atoms with Crippen molar-refractivity contribution >= 4 is 11.8 Å². The second kappa shape index (κ2) is 6.39. The van der Waals surface area contributed by atoms with Crippen molar-refractivity contribution in [3.63, 3.8) is 0 Å². The number of hydrogen-bond acceptors (Lipinski definition) is 6. The molecule has 0 saturated carbocycles. The third-order valence-electron chi connectivity index (χ3n) is 4.71. The molecule has 0 aliphatic carbocycles. The van der Waals surface area contributed by atoms with Gasteiger partial charge in [0.15, 0.2) is 12.2 Å². The minimum absolute atomic E-state index is 0.0892. The molecule has 0 bridgehead atoms. The Kier molecular flexibility index (Phi) is 4.02. The molecular weight excluding hydrogens is 348 g/mol. The van der Waals surface area contributed by atoms with Crippen molar-refractivity contribution in [3.05, 3.63) is 70.8 Å². The summed E-state index contributed by atoms with van der Waals surface area (Å²) in [5.41, 5.74) is 3.30. The van der Waals surface area contributed by atoms with Gasteiger partial charge in [0.2, 0.25) is 0 Å². The Hall–Kier alpha value is -3.42. The van der Waals surface area contributed by atoms with Gasteiger partial charge in [0, 0.05) is 26.2 Å². The van der Waals surface area contributed by atoms with Crippen LogP contribution >= 0.6 is 0 Å². The summed E-state index contributed by atoms with van der Waals surface area (Å²) >= 11 is 0. The summed E-state index contributed by atoms with van der Waals surface area (Å²) in [4.78, 5) is 32.6. The van der Waals surface area contributed by atoms with E-state index in [2.05, 4.69) is 10.1 Å². The molecule has 3 aromatic rings. The maximum absolute atomic E-state index is 13.1. The molecule has 8 nitrogen and oxygen atoms in total. The lowest BCUT2D eigenvalue weighted by Crippen LogP contribution is -2.30. The standard InChI is InChI=1S/C19H18N4O4/c1-11-15(9-27-21-11)19(25)23-8-13-6-12(18(24)22(2)3)4-5-14(13)17(23)16-7-20-10-26-16/h4-7,9-10,17H,8H2,1-3H3. The van der Waals surface area contributed by atoms with Crippen molar-refractivity contribution in [3.8, 4) is 0 Å². The molecule has 0 fully saturated rings. The molecule has 0 saturated heterocycles. The summed E-state index contributed by atoms with van der Waals surface area (Å²) in [6.07, 6.45) is 4.28. The molecule has 1 unspecified atom stereocenters. The summed E-state index contributed by atoms with van der Waals surface area (Å²) in [7, 11) is 3.41. The Morgan fingerprint density at radius 1 is 1.30 bits per heavy atom. The molecule has 1 atom stereocenters. The van der Waals surface area contributed by atoms with Crippen LogP contribution in [0.25, 0.3) is 0 Å². The molecule has 138 valence electrons. The number of rotatable bonds is 3. The Balaban J connectivity index is 1.77. The zero-order chi connectivity index (χ0) is 19.1. The van der Waals surface area contributed by atoms with Crippen LogP contribution < -0.4 is 0 Å². The van der Waals surface area contributed by atoms with Crippen molar-refractivity contribution in [2.24, 2.45) is 0 Å². The minimum Gasteiger partial charge on any atom is -0.446 e. The number of carbonyl (C=O) groups excluding carboxylic acids is 2. The lowest BCUT2D eigenvalue weighted by atomic mass is 10.00. The largest absolute Gasteiger partial charge is 0.446 e. The summed E-state index contributed by atoms with van der Waals surface area (Å²) in [5.74, 6) is 0.253. The highest BCUT2D eigenvalue weighted by Gasteiger charge is 2.38. The summed E-state index contributed by atoms with van der Waals surface area (Å²) < 4.78 is 10.4. The molecule has 0 spiro atoms. The van der Waals surface area contributed by atoms with Gasteiger partial charge in [0.1, 0.15) is 17.9 Å². The van der Waals surface area contributed by atoms with E-state index >= 15 is 0 Å². The molecular formula is C19H18N4O4. The molecule has 2 aromatic heterocycles. The fourth-order valence-electron chi connectivity index (χ4n) is 3.35. The highest BCUT2D eigenvalue weighted by Crippen LogP contribution is 2.40. The van der Waals surface area contributed by atoms with E-state index in [1.807, 2.05) is 12.1 Å². The van der Waals surface area contributed by atoms with E-state index in [4.69, 9.17) is 8.94 Å². The zero-order valence-corrected chi connectivity index (χ0v) is 15.2. The van der Waals surface area contributed by atoms with Gasteiger partial charge < -0.3 is 18.7 Å². The summed E-state index contributed by atoms with van der Waals surface area (Å²) in [6, 6.07) is 5.04. The molecule has 2 amide bonds. The first kappa shape index (κ1) is 17.0. The van der Waals surface area contributed by atoms with Gasteiger partial charge in [-0.1, -0.05) is 11.2 Å². The van der Waals surface area contributed by atoms with Gasteiger partial charge in [0.25, 0.3) is 11.8 Å². The van der Waals surface area contributed by atoms with Crippen LogP contribution in [-0.4, -0.2) is 45.9 Å². The van der Waals surface area contributed by atoms with E-state index in [-0.39, 0.29) is 11.8 Å². The van der Waals surface area contributed by atoms with Crippen LogP contribution in [0.1, 0.15) is 49.3 Å². The first-order valence-electron chi connectivity index (χ1n) is 8.42. The van der Waals surface area contributed by atoms with E-state index in [1.54, 1.807) is 38.2 Å². The Bertz CT molecular complexity index is 1010. The normalized spacial score (nSPS) is 15.7. The molecule has 4 rings (SSSR count). The zero-order valence-electron chi connectivity index (χ0n) is 15.2. The van der Waals surface area contributed by atoms with Crippen LogP contribution in [0.3, 0.4) is 0 Å². The van der Waals surface area contributed by atoms with Crippen molar-refractivity contribution in [2.45, 2.75) is 19.5 Å². The highest BCUT2D eigenvalue weighted by atomic mass is 16.5. The number of carbonyl (C=O) groups is 2. The third kappa shape index (κ3) is 2.79. The molecule has 0 N–H and O–H groups in total. The van der Waals surface area contributed by atoms with Crippen LogP contribution in [0.15, 0.2) is 46.0 Å². The molecule has 0 radical (unpaired) electrons. The number of fused-ring (bicyclic) bond motifs is 1. The fourth-order valence-corrected chi connectivity index (χ4v) is 3.35. The van der Waals surface area contributed by atoms with Crippen molar-refractivity contribution < 1.29 is 18.5 Å². The van der Waals surface area contributed by atoms with E-state index in [1.165, 1.54) is 17.6 Å². The van der Waals surface area contributed by atoms with Crippen molar-refractivity contribution in [1.82, 2.24) is 19.9 Å². The fraction of sp³-hybridized carbons (Fsp3) is 0.263. The van der Waals surface area contributed by atoms with Gasteiger partial charge in [-0.25, -0.2) is 4.98 Å². The number of hydrogen-bond donors (Lipinski definition) is 0. The third-order valence-corrected chi connectivity index (χ3v) is 4.71. The number of aromatic nitrogens is 2. The molecule has 1 aliphatic heterocycles. The molecule has 1 aliphatic rings. The molecule has 3 heterocycles. The number of aryl methyl sites for hydroxylation is 1. The van der Waals surface area contributed by atoms with Crippen LogP contribution in [0, 0.1) is 6.92 Å². The second-order valence-electron chi connectivity index (χ2n) is 6.67. The van der Waals surface area contributed by atoms with Gasteiger partial charge in [-0.15, -0.1) is 0 Å². The van der Waals surface area contributed by atoms with Gasteiger partial charge in [-0.05, 0) is 30.2 Å². The lowest BCUT2D eigenvalue weighted by Gasteiger charge is -2.23. The number of oxazole rings is 1. The van der Waals surface area contributed by atoms with E-state index in [0.29, 0.717) is 29.1 Å². The van der Waals surface area contributed by atoms with Crippen LogP contribution in [-0.2, 0) is 6.54 Å². The average molecular weight is 366 g/mol. The second-order valence-corrected chi connectivity index (χ2v) is 6.67. The first-order chi connectivity index (χ1) is 13.0. The van der Waals surface area contributed by atoms with Crippen LogP contribution in [0.4, 0.5) is 0 Å². The van der Waals surface area contributed by atoms with Crippen LogP contribution in [0.5, 0.6) is 0 Å². The maximum Gasteiger partial charge on any atom is 0.260 e. The summed E-state index contributed by atoms with van der Waals surface area (Å²) in [6.45, 7) is 2.07.